The molecule has 0 bridgehead atoms. The highest BCUT2D eigenvalue weighted by molar-refractivity contribution is 6.30. The Morgan fingerprint density at radius 2 is 1.61 bits per heavy atom. The third kappa shape index (κ3) is 3.62. The molecule has 33 heavy (non-hydrogen) atoms. The summed E-state index contributed by atoms with van der Waals surface area (Å²) >= 11 is 5.91. The van der Waals surface area contributed by atoms with Gasteiger partial charge in [-0.15, -0.1) is 5.11 Å². The molecule has 9 nitrogen and oxygen atoms in total. The molecule has 4 aromatic rings. The van der Waals surface area contributed by atoms with Gasteiger partial charge in [0.15, 0.2) is 5.69 Å². The van der Waals surface area contributed by atoms with Crippen molar-refractivity contribution in [3.05, 3.63) is 91.0 Å². The molecule has 4 rings (SSSR count). The van der Waals surface area contributed by atoms with E-state index in [1.807, 2.05) is 25.1 Å². The zero-order chi connectivity index (χ0) is 23.9. The molecule has 2 aromatic carbocycles. The Labute approximate surface area is 192 Å². The highest BCUT2D eigenvalue weighted by Gasteiger charge is 2.24. The van der Waals surface area contributed by atoms with Gasteiger partial charge in [-0.05, 0) is 55.8 Å². The highest BCUT2D eigenvalue weighted by atomic mass is 35.5. The third-order valence-electron chi connectivity index (χ3n) is 5.28. The Kier molecular flexibility index (Phi) is 5.45. The van der Waals surface area contributed by atoms with Gasteiger partial charge in [0.2, 0.25) is 0 Å². The second-order valence-electron chi connectivity index (χ2n) is 7.40. The maximum Gasteiger partial charge on any atom is 0.290 e. The van der Waals surface area contributed by atoms with Crippen LogP contribution in [-0.4, -0.2) is 9.24 Å². The van der Waals surface area contributed by atoms with Crippen molar-refractivity contribution in [1.82, 2.24) is 9.24 Å². The van der Waals surface area contributed by atoms with Gasteiger partial charge in [0.05, 0.1) is 11.2 Å². The largest absolute Gasteiger partial charge is 0.383 e. The van der Waals surface area contributed by atoms with Gasteiger partial charge in [-0.2, -0.15) is 10.4 Å². The van der Waals surface area contributed by atoms with Crippen LogP contribution in [0, 0.1) is 25.2 Å². The van der Waals surface area contributed by atoms with E-state index in [0.717, 1.165) is 5.56 Å². The van der Waals surface area contributed by atoms with Crippen LogP contribution in [0.15, 0.2) is 68.3 Å². The van der Waals surface area contributed by atoms with Crippen LogP contribution in [0.4, 0.5) is 17.2 Å². The average molecular weight is 460 g/mol. The molecule has 0 aliphatic rings. The first-order valence-corrected chi connectivity index (χ1v) is 10.2. The number of aromatic nitrogens is 2. The molecular formula is C23H18ClN7O2. The van der Waals surface area contributed by atoms with Crippen LogP contribution in [0.5, 0.6) is 0 Å². The fourth-order valence-corrected chi connectivity index (χ4v) is 3.68. The van der Waals surface area contributed by atoms with E-state index in [0.29, 0.717) is 26.6 Å². The quantitative estimate of drug-likeness (QED) is 0.351. The molecule has 0 unspecified atom stereocenters. The maximum atomic E-state index is 13.6. The van der Waals surface area contributed by atoms with E-state index in [4.69, 9.17) is 23.2 Å². The molecule has 0 fully saturated rings. The van der Waals surface area contributed by atoms with Crippen molar-refractivity contribution < 1.29 is 0 Å². The molecule has 2 aromatic heterocycles. The Hall–Kier alpha value is -4.42. The number of pyridine rings is 2. The Bertz CT molecular complexity index is 1590. The van der Waals surface area contributed by atoms with E-state index < -0.39 is 11.1 Å². The number of halogens is 1. The molecule has 0 aliphatic heterocycles. The standard InChI is InChI=1S/C23H18ClN7O2/c1-12-3-9-16(10-4-12)30-20-17(11-25)22(32)31(27)21(26)18(20)13(2)19(23(30)33)29-28-15-7-5-14(24)6-8-15/h3-10H,26-27H2,1-2H3. The van der Waals surface area contributed by atoms with E-state index in [-0.39, 0.29) is 28.0 Å². The molecule has 0 amide bonds. The zero-order valence-corrected chi connectivity index (χ0v) is 18.5. The maximum absolute atomic E-state index is 13.6. The molecule has 4 N–H and O–H groups in total. The minimum absolute atomic E-state index is 0.00716. The van der Waals surface area contributed by atoms with E-state index in [1.165, 1.54) is 4.57 Å². The lowest BCUT2D eigenvalue weighted by atomic mass is 10.1. The second-order valence-corrected chi connectivity index (χ2v) is 7.83. The number of anilines is 1. The van der Waals surface area contributed by atoms with Gasteiger partial charge in [-0.1, -0.05) is 29.3 Å². The Morgan fingerprint density at radius 3 is 2.21 bits per heavy atom. The van der Waals surface area contributed by atoms with Crippen molar-refractivity contribution in [2.75, 3.05) is 11.6 Å². The summed E-state index contributed by atoms with van der Waals surface area (Å²) in [6.45, 7) is 3.51. The van der Waals surface area contributed by atoms with Crippen molar-refractivity contribution in [3.8, 4) is 11.8 Å². The summed E-state index contributed by atoms with van der Waals surface area (Å²) in [5.41, 5.74) is 6.79. The van der Waals surface area contributed by atoms with Crippen LogP contribution < -0.4 is 22.7 Å². The fourth-order valence-electron chi connectivity index (χ4n) is 3.55. The molecule has 0 spiro atoms. The molecule has 0 saturated heterocycles. The number of nitriles is 1. The number of nitrogens with two attached hydrogens (primary N) is 2. The smallest absolute Gasteiger partial charge is 0.290 e. The lowest BCUT2D eigenvalue weighted by Gasteiger charge is -2.18. The van der Waals surface area contributed by atoms with Crippen LogP contribution in [0.1, 0.15) is 16.7 Å². The monoisotopic (exact) mass is 459 g/mol. The van der Waals surface area contributed by atoms with E-state index in [2.05, 4.69) is 10.2 Å². The minimum Gasteiger partial charge on any atom is -0.383 e. The number of rotatable bonds is 3. The van der Waals surface area contributed by atoms with Crippen molar-refractivity contribution in [1.29, 1.82) is 5.26 Å². The number of aryl methyl sites for hydroxylation is 2. The number of hydrogen-bond acceptors (Lipinski definition) is 7. The number of fused-ring (bicyclic) bond motifs is 1. The van der Waals surface area contributed by atoms with Crippen LogP contribution in [0.25, 0.3) is 16.6 Å². The molecule has 0 radical (unpaired) electrons. The van der Waals surface area contributed by atoms with E-state index >= 15 is 0 Å². The molecule has 0 saturated carbocycles. The summed E-state index contributed by atoms with van der Waals surface area (Å²) in [5, 5.41) is 18.9. The summed E-state index contributed by atoms with van der Waals surface area (Å²) in [4.78, 5) is 26.3. The van der Waals surface area contributed by atoms with Crippen molar-refractivity contribution in [2.24, 2.45) is 10.2 Å². The lowest BCUT2D eigenvalue weighted by Crippen LogP contribution is -2.34. The predicted molar refractivity (Wildman–Crippen MR) is 128 cm³/mol. The van der Waals surface area contributed by atoms with Gasteiger partial charge in [0.1, 0.15) is 17.5 Å². The van der Waals surface area contributed by atoms with Crippen LogP contribution in [0.3, 0.4) is 0 Å². The normalized spacial score (nSPS) is 11.2. The van der Waals surface area contributed by atoms with Crippen molar-refractivity contribution in [2.45, 2.75) is 13.8 Å². The number of azo groups is 1. The summed E-state index contributed by atoms with van der Waals surface area (Å²) in [5.74, 6) is 5.74. The van der Waals surface area contributed by atoms with Crippen LogP contribution in [0.2, 0.25) is 5.02 Å². The van der Waals surface area contributed by atoms with Gasteiger partial charge < -0.3 is 11.6 Å². The summed E-state index contributed by atoms with van der Waals surface area (Å²) in [6.07, 6.45) is 0. The topological polar surface area (TPSA) is 145 Å². The molecule has 10 heteroatoms. The summed E-state index contributed by atoms with van der Waals surface area (Å²) in [6, 6.07) is 15.5. The molecule has 164 valence electrons. The Balaban J connectivity index is 2.16. The first kappa shape index (κ1) is 21.8. The SMILES string of the molecule is Cc1ccc(-n2c(=O)c(N=Nc3ccc(Cl)cc3)c(C)c3c(N)n(N)c(=O)c(C#N)c32)cc1. The van der Waals surface area contributed by atoms with Crippen molar-refractivity contribution in [3.63, 3.8) is 0 Å². The first-order valence-electron chi connectivity index (χ1n) is 9.78. The number of hydrogen-bond donors (Lipinski definition) is 2. The van der Waals surface area contributed by atoms with Gasteiger partial charge in [-0.25, -0.2) is 4.68 Å². The Morgan fingerprint density at radius 1 is 0.970 bits per heavy atom. The highest BCUT2D eigenvalue weighted by Crippen LogP contribution is 2.32. The molecule has 0 aliphatic carbocycles. The molecule has 0 atom stereocenters. The molecular weight excluding hydrogens is 442 g/mol. The van der Waals surface area contributed by atoms with Gasteiger partial charge in [0.25, 0.3) is 11.1 Å². The van der Waals surface area contributed by atoms with Crippen molar-refractivity contribution >= 4 is 39.7 Å². The van der Waals surface area contributed by atoms with Crippen LogP contribution in [-0.2, 0) is 0 Å². The second kappa shape index (κ2) is 8.26. The average Bonchev–Trinajstić information content (AvgIpc) is 2.80. The summed E-state index contributed by atoms with van der Waals surface area (Å²) < 4.78 is 1.94. The fraction of sp³-hybridized carbons (Fsp3) is 0.0870. The minimum atomic E-state index is -0.808. The lowest BCUT2D eigenvalue weighted by molar-refractivity contribution is 0.939. The molecule has 2 heterocycles. The number of nitrogens with zero attached hydrogens (tertiary/aromatic N) is 5. The number of nitrogen functional groups attached to an aromatic ring is 2. The van der Waals surface area contributed by atoms with Gasteiger partial charge in [0, 0.05) is 16.1 Å². The van der Waals surface area contributed by atoms with E-state index in [1.54, 1.807) is 43.3 Å². The third-order valence-corrected chi connectivity index (χ3v) is 5.53. The number of benzene rings is 2. The van der Waals surface area contributed by atoms with E-state index in [9.17, 15) is 14.9 Å². The van der Waals surface area contributed by atoms with Crippen LogP contribution >= 0.6 is 11.6 Å². The zero-order valence-electron chi connectivity index (χ0n) is 17.7. The predicted octanol–water partition coefficient (Wildman–Crippen LogP) is 4.01. The first-order chi connectivity index (χ1) is 15.7. The summed E-state index contributed by atoms with van der Waals surface area (Å²) in [7, 11) is 0. The van der Waals surface area contributed by atoms with Gasteiger partial charge in [-0.3, -0.25) is 14.2 Å². The van der Waals surface area contributed by atoms with Gasteiger partial charge >= 0.3 is 0 Å².